The average Bonchev–Trinajstić information content (AvgIpc) is 3.32. The van der Waals surface area contributed by atoms with Crippen molar-refractivity contribution in [3.05, 3.63) is 97.2 Å². The van der Waals surface area contributed by atoms with Crippen LogP contribution in [0.4, 0.5) is 0 Å². The topological polar surface area (TPSA) is 135 Å². The van der Waals surface area contributed by atoms with Crippen molar-refractivity contribution in [2.75, 3.05) is 26.4 Å². The van der Waals surface area contributed by atoms with E-state index in [1.165, 1.54) is 70.6 Å². The molecule has 378 valence electrons. The number of ether oxygens (including phenoxy) is 4. The van der Waals surface area contributed by atoms with Crippen molar-refractivity contribution in [3.8, 4) is 0 Å². The minimum absolute atomic E-state index is 0.126. The van der Waals surface area contributed by atoms with Gasteiger partial charge >= 0.3 is 5.97 Å². The molecule has 1 aliphatic heterocycles. The molecule has 0 saturated carbocycles. The summed E-state index contributed by atoms with van der Waals surface area (Å²) < 4.78 is 22.9. The summed E-state index contributed by atoms with van der Waals surface area (Å²) >= 11 is 0. The summed E-state index contributed by atoms with van der Waals surface area (Å²) in [6, 6.07) is 0. The molecule has 6 atom stereocenters. The SMILES string of the molecule is CC/C=C\C/C=C\C/C=C\C/C=C\CCCCCCCCCCCCCCC(=O)OC(COCCCCCCC/C=C\C/C=C\C/C=C\C/C=C\CC)COC1OC(CO)C(O)C(O)C1O. The molecule has 1 aliphatic rings. The lowest BCUT2D eigenvalue weighted by molar-refractivity contribution is -0.305. The molecule has 1 heterocycles. The van der Waals surface area contributed by atoms with Crippen LogP contribution in [0.5, 0.6) is 0 Å². The molecule has 1 saturated heterocycles. The second kappa shape index (κ2) is 47.2. The van der Waals surface area contributed by atoms with Gasteiger partial charge in [0.1, 0.15) is 30.5 Å². The van der Waals surface area contributed by atoms with E-state index in [1.807, 2.05) is 0 Å². The number of aliphatic hydroxyl groups excluding tert-OH is 4. The second-order valence-electron chi connectivity index (χ2n) is 17.6. The highest BCUT2D eigenvalue weighted by Gasteiger charge is 2.44. The molecule has 4 N–H and O–H groups in total. The first-order chi connectivity index (χ1) is 32.4. The van der Waals surface area contributed by atoms with Crippen LogP contribution < -0.4 is 0 Å². The summed E-state index contributed by atoms with van der Waals surface area (Å²) in [5.41, 5.74) is 0. The maximum Gasteiger partial charge on any atom is 0.306 e. The van der Waals surface area contributed by atoms with Crippen LogP contribution in [0, 0.1) is 0 Å². The summed E-state index contributed by atoms with van der Waals surface area (Å²) in [5, 5.41) is 40.3. The number of esters is 1. The fourth-order valence-corrected chi connectivity index (χ4v) is 7.47. The zero-order valence-electron chi connectivity index (χ0n) is 41.7. The van der Waals surface area contributed by atoms with E-state index in [9.17, 15) is 25.2 Å². The summed E-state index contributed by atoms with van der Waals surface area (Å²) in [4.78, 5) is 12.9. The van der Waals surface area contributed by atoms with Crippen molar-refractivity contribution in [2.45, 2.75) is 230 Å². The van der Waals surface area contributed by atoms with Gasteiger partial charge in [0, 0.05) is 13.0 Å². The van der Waals surface area contributed by atoms with Crippen molar-refractivity contribution in [1.82, 2.24) is 0 Å². The van der Waals surface area contributed by atoms with Gasteiger partial charge in [-0.2, -0.15) is 0 Å². The quantitative estimate of drug-likeness (QED) is 0.0268. The van der Waals surface area contributed by atoms with Gasteiger partial charge in [0.25, 0.3) is 0 Å². The molecule has 9 heteroatoms. The third-order valence-electron chi connectivity index (χ3n) is 11.5. The third kappa shape index (κ3) is 37.1. The predicted molar refractivity (Wildman–Crippen MR) is 274 cm³/mol. The minimum Gasteiger partial charge on any atom is -0.457 e. The largest absolute Gasteiger partial charge is 0.457 e. The first kappa shape index (κ1) is 61.1. The summed E-state index contributed by atoms with van der Waals surface area (Å²) in [5.74, 6) is -0.326. The summed E-state index contributed by atoms with van der Waals surface area (Å²) in [6.07, 6.45) is 58.7. The molecule has 1 rings (SSSR count). The first-order valence-corrected chi connectivity index (χ1v) is 26.3. The molecular formula is C57H96O9. The number of allylic oxidation sites excluding steroid dienone is 16. The van der Waals surface area contributed by atoms with Crippen molar-refractivity contribution >= 4 is 5.97 Å². The lowest BCUT2D eigenvalue weighted by Gasteiger charge is -2.39. The molecule has 0 aliphatic carbocycles. The molecule has 0 radical (unpaired) electrons. The molecule has 9 nitrogen and oxygen atoms in total. The average molecular weight is 925 g/mol. The van der Waals surface area contributed by atoms with Crippen LogP contribution in [-0.2, 0) is 23.7 Å². The number of hydrogen-bond acceptors (Lipinski definition) is 9. The predicted octanol–water partition coefficient (Wildman–Crippen LogP) is 13.1. The Morgan fingerprint density at radius 3 is 1.32 bits per heavy atom. The molecule has 0 aromatic rings. The molecule has 1 fully saturated rings. The highest BCUT2D eigenvalue weighted by Crippen LogP contribution is 2.23. The van der Waals surface area contributed by atoms with Gasteiger partial charge in [-0.1, -0.05) is 195 Å². The fraction of sp³-hybridized carbons (Fsp3) is 0.702. The number of aliphatic hydroxyl groups is 4. The van der Waals surface area contributed by atoms with Crippen LogP contribution in [0.3, 0.4) is 0 Å². The number of carbonyl (C=O) groups excluding carboxylic acids is 1. The number of unbranched alkanes of at least 4 members (excludes halogenated alkanes) is 17. The molecule has 0 aromatic heterocycles. The van der Waals surface area contributed by atoms with Gasteiger partial charge in [0.05, 0.1) is 19.8 Å². The highest BCUT2D eigenvalue weighted by molar-refractivity contribution is 5.69. The van der Waals surface area contributed by atoms with E-state index in [2.05, 4.69) is 111 Å². The van der Waals surface area contributed by atoms with Crippen LogP contribution in [0.1, 0.15) is 194 Å². The van der Waals surface area contributed by atoms with Gasteiger partial charge in [-0.05, 0) is 89.9 Å². The van der Waals surface area contributed by atoms with Crippen molar-refractivity contribution in [1.29, 1.82) is 0 Å². The van der Waals surface area contributed by atoms with E-state index in [4.69, 9.17) is 18.9 Å². The lowest BCUT2D eigenvalue weighted by Crippen LogP contribution is -2.59. The second-order valence-corrected chi connectivity index (χ2v) is 17.6. The van der Waals surface area contributed by atoms with Crippen LogP contribution >= 0.6 is 0 Å². The standard InChI is InChI=1S/C57H96O9/c1-3-5-7-9-11-13-15-17-19-21-23-24-25-26-27-28-29-30-32-34-36-38-40-42-44-46-53(59)65-51(50-64-57-56(62)55(61)54(60)52(48-58)66-57)49-63-47-45-43-41-39-37-35-33-31-22-20-18-16-14-12-10-8-6-4-2/h5-8,11-14,17-20,23-24,31,33,51-52,54-58,60-62H,3-4,9-10,15-16,21-22,25-30,32,34-50H2,1-2H3/b7-5-,8-6-,13-11-,14-12-,19-17-,20-18-,24-23-,33-31-. The van der Waals surface area contributed by atoms with E-state index < -0.39 is 43.4 Å². The zero-order chi connectivity index (χ0) is 47.8. The van der Waals surface area contributed by atoms with Crippen LogP contribution in [0.15, 0.2) is 97.2 Å². The summed E-state index contributed by atoms with van der Waals surface area (Å²) in [6.45, 7) is 4.28. The third-order valence-corrected chi connectivity index (χ3v) is 11.5. The van der Waals surface area contributed by atoms with E-state index in [0.29, 0.717) is 13.0 Å². The van der Waals surface area contributed by atoms with Crippen molar-refractivity contribution < 1.29 is 44.2 Å². The van der Waals surface area contributed by atoms with E-state index >= 15 is 0 Å². The van der Waals surface area contributed by atoms with Crippen LogP contribution in [-0.4, -0.2) is 89.6 Å². The van der Waals surface area contributed by atoms with Gasteiger partial charge in [0.2, 0.25) is 0 Å². The molecule has 6 unspecified atom stereocenters. The molecule has 0 spiro atoms. The maximum atomic E-state index is 12.9. The molecule has 0 aromatic carbocycles. The Morgan fingerprint density at radius 2 is 0.879 bits per heavy atom. The van der Waals surface area contributed by atoms with Crippen LogP contribution in [0.25, 0.3) is 0 Å². The van der Waals surface area contributed by atoms with Gasteiger partial charge < -0.3 is 39.4 Å². The Kier molecular flexibility index (Phi) is 43.7. The fourth-order valence-electron chi connectivity index (χ4n) is 7.47. The molecular weight excluding hydrogens is 829 g/mol. The van der Waals surface area contributed by atoms with Gasteiger partial charge in [-0.15, -0.1) is 0 Å². The first-order valence-electron chi connectivity index (χ1n) is 26.3. The Balaban J connectivity index is 2.20. The Morgan fingerprint density at radius 1 is 0.485 bits per heavy atom. The maximum absolute atomic E-state index is 12.9. The van der Waals surface area contributed by atoms with Crippen LogP contribution in [0.2, 0.25) is 0 Å². The van der Waals surface area contributed by atoms with Gasteiger partial charge in [-0.3, -0.25) is 4.79 Å². The minimum atomic E-state index is -1.55. The monoisotopic (exact) mass is 925 g/mol. The lowest BCUT2D eigenvalue weighted by atomic mass is 9.99. The Hall–Kier alpha value is -2.89. The van der Waals surface area contributed by atoms with Crippen molar-refractivity contribution in [3.63, 3.8) is 0 Å². The van der Waals surface area contributed by atoms with E-state index in [0.717, 1.165) is 103 Å². The Bertz CT molecular complexity index is 1330. The number of carbonyl (C=O) groups is 1. The van der Waals surface area contributed by atoms with Crippen molar-refractivity contribution in [2.24, 2.45) is 0 Å². The normalized spacial score (nSPS) is 20.1. The number of hydrogen-bond donors (Lipinski definition) is 4. The highest BCUT2D eigenvalue weighted by atomic mass is 16.7. The summed E-state index contributed by atoms with van der Waals surface area (Å²) in [7, 11) is 0. The zero-order valence-corrected chi connectivity index (χ0v) is 41.7. The number of rotatable bonds is 44. The molecule has 66 heavy (non-hydrogen) atoms. The Labute approximate surface area is 402 Å². The van der Waals surface area contributed by atoms with E-state index in [-0.39, 0.29) is 19.2 Å². The van der Waals surface area contributed by atoms with Gasteiger partial charge in [0.15, 0.2) is 6.29 Å². The molecule has 0 amide bonds. The van der Waals surface area contributed by atoms with Gasteiger partial charge in [-0.25, -0.2) is 0 Å². The molecule has 0 bridgehead atoms. The smallest absolute Gasteiger partial charge is 0.306 e. The van der Waals surface area contributed by atoms with E-state index in [1.54, 1.807) is 0 Å².